The van der Waals surface area contributed by atoms with Gasteiger partial charge in [-0.1, -0.05) is 6.92 Å². The maximum absolute atomic E-state index is 4.59. The average molecular weight is 281 g/mol. The van der Waals surface area contributed by atoms with Crippen molar-refractivity contribution in [3.63, 3.8) is 0 Å². The van der Waals surface area contributed by atoms with Crippen LogP contribution in [0.4, 0.5) is 0 Å². The Morgan fingerprint density at radius 1 is 1.32 bits per heavy atom. The van der Waals surface area contributed by atoms with Crippen molar-refractivity contribution in [1.29, 1.82) is 0 Å². The predicted octanol–water partition coefficient (Wildman–Crippen LogP) is 3.28. The van der Waals surface area contributed by atoms with Crippen molar-refractivity contribution < 1.29 is 0 Å². The molecule has 1 saturated carbocycles. The largest absolute Gasteiger partial charge is 0.310 e. The molecule has 0 aromatic carbocycles. The molecule has 19 heavy (non-hydrogen) atoms. The van der Waals surface area contributed by atoms with Crippen molar-refractivity contribution in [3.8, 4) is 0 Å². The van der Waals surface area contributed by atoms with Gasteiger partial charge in [-0.05, 0) is 45.8 Å². The van der Waals surface area contributed by atoms with Crippen molar-refractivity contribution in [2.24, 2.45) is 0 Å². The minimum Gasteiger partial charge on any atom is -0.310 e. The minimum absolute atomic E-state index is 0.702. The lowest BCUT2D eigenvalue weighted by Crippen LogP contribution is -2.26. The lowest BCUT2D eigenvalue weighted by atomic mass is 10.1. The van der Waals surface area contributed by atoms with Crippen LogP contribution in [0.2, 0.25) is 0 Å². The van der Waals surface area contributed by atoms with Gasteiger partial charge >= 0.3 is 0 Å². The highest BCUT2D eigenvalue weighted by Gasteiger charge is 2.24. The number of thioether (sulfide) groups is 1. The lowest BCUT2D eigenvalue weighted by Gasteiger charge is -2.13. The molecule has 1 aromatic rings. The number of aromatic nitrogens is 2. The van der Waals surface area contributed by atoms with E-state index >= 15 is 0 Å². The molecule has 1 aliphatic rings. The summed E-state index contributed by atoms with van der Waals surface area (Å²) < 4.78 is 2.11. The summed E-state index contributed by atoms with van der Waals surface area (Å²) in [5.74, 6) is 1.25. The van der Waals surface area contributed by atoms with Crippen LogP contribution in [0.5, 0.6) is 0 Å². The van der Waals surface area contributed by atoms with Gasteiger partial charge in [-0.25, -0.2) is 0 Å². The topological polar surface area (TPSA) is 29.9 Å². The highest BCUT2D eigenvalue weighted by molar-refractivity contribution is 7.99. The van der Waals surface area contributed by atoms with E-state index in [-0.39, 0.29) is 0 Å². The number of nitrogens with one attached hydrogen (secondary N) is 1. The van der Waals surface area contributed by atoms with E-state index in [9.17, 15) is 0 Å². The summed E-state index contributed by atoms with van der Waals surface area (Å²) in [6.45, 7) is 10.7. The quantitative estimate of drug-likeness (QED) is 0.868. The predicted molar refractivity (Wildman–Crippen MR) is 83.8 cm³/mol. The third kappa shape index (κ3) is 3.54. The van der Waals surface area contributed by atoms with Crippen LogP contribution < -0.4 is 5.32 Å². The first-order chi connectivity index (χ1) is 9.15. The maximum Gasteiger partial charge on any atom is 0.0641 e. The van der Waals surface area contributed by atoms with E-state index in [2.05, 4.69) is 54.6 Å². The Morgan fingerprint density at radius 2 is 2.11 bits per heavy atom. The van der Waals surface area contributed by atoms with Crippen LogP contribution in [0.3, 0.4) is 0 Å². The van der Waals surface area contributed by atoms with E-state index in [0.29, 0.717) is 6.04 Å². The molecular formula is C15H27N3S. The fourth-order valence-electron chi connectivity index (χ4n) is 3.06. The third-order valence-electron chi connectivity index (χ3n) is 4.19. The van der Waals surface area contributed by atoms with Gasteiger partial charge in [0.25, 0.3) is 0 Å². The molecule has 108 valence electrons. The van der Waals surface area contributed by atoms with Gasteiger partial charge in [0.15, 0.2) is 0 Å². The molecule has 4 heteroatoms. The Kier molecular flexibility index (Phi) is 5.34. The Balaban J connectivity index is 1.88. The monoisotopic (exact) mass is 281 g/mol. The van der Waals surface area contributed by atoms with Crippen LogP contribution in [-0.4, -0.2) is 26.8 Å². The lowest BCUT2D eigenvalue weighted by molar-refractivity contribution is 0.522. The van der Waals surface area contributed by atoms with E-state index < -0.39 is 0 Å². The van der Waals surface area contributed by atoms with Gasteiger partial charge < -0.3 is 5.32 Å². The second kappa shape index (κ2) is 6.80. The molecule has 1 aromatic heterocycles. The number of hydrogen-bond donors (Lipinski definition) is 1. The van der Waals surface area contributed by atoms with Crippen LogP contribution in [0, 0.1) is 13.8 Å². The molecule has 2 atom stereocenters. The second-order valence-electron chi connectivity index (χ2n) is 5.43. The van der Waals surface area contributed by atoms with Crippen LogP contribution in [0.1, 0.15) is 50.1 Å². The molecule has 0 amide bonds. The minimum atomic E-state index is 0.702. The summed E-state index contributed by atoms with van der Waals surface area (Å²) in [5.41, 5.74) is 3.91. The Labute approximate surface area is 121 Å². The van der Waals surface area contributed by atoms with Crippen molar-refractivity contribution in [2.75, 3.05) is 5.75 Å². The van der Waals surface area contributed by atoms with Gasteiger partial charge in [0.2, 0.25) is 0 Å². The normalized spacial score (nSPS) is 23.2. The van der Waals surface area contributed by atoms with E-state index in [0.717, 1.165) is 18.3 Å². The number of rotatable bonds is 6. The first-order valence-electron chi connectivity index (χ1n) is 7.53. The van der Waals surface area contributed by atoms with Gasteiger partial charge in [0, 0.05) is 35.6 Å². The van der Waals surface area contributed by atoms with E-state index in [1.165, 1.54) is 42.0 Å². The van der Waals surface area contributed by atoms with Crippen molar-refractivity contribution in [1.82, 2.24) is 15.1 Å². The van der Waals surface area contributed by atoms with Crippen molar-refractivity contribution in [3.05, 3.63) is 17.0 Å². The molecule has 0 saturated heterocycles. The molecule has 0 aliphatic heterocycles. The second-order valence-corrected chi connectivity index (χ2v) is 7.01. The van der Waals surface area contributed by atoms with Gasteiger partial charge in [0.1, 0.15) is 0 Å². The van der Waals surface area contributed by atoms with Gasteiger partial charge in [-0.2, -0.15) is 16.9 Å². The Morgan fingerprint density at radius 3 is 2.74 bits per heavy atom. The van der Waals surface area contributed by atoms with E-state index in [1.807, 2.05) is 0 Å². The Hall–Kier alpha value is -0.480. The van der Waals surface area contributed by atoms with Crippen molar-refractivity contribution >= 4 is 11.8 Å². The molecule has 0 spiro atoms. The molecule has 1 N–H and O–H groups in total. The molecule has 0 radical (unpaired) electrons. The molecule has 2 rings (SSSR count). The molecule has 0 bridgehead atoms. The molecule has 1 aliphatic carbocycles. The fraction of sp³-hybridized carbons (Fsp3) is 0.800. The zero-order valence-electron chi connectivity index (χ0n) is 12.7. The van der Waals surface area contributed by atoms with E-state index in [4.69, 9.17) is 0 Å². The summed E-state index contributed by atoms with van der Waals surface area (Å²) in [5, 5.41) is 9.21. The number of aryl methyl sites for hydroxylation is 2. The first-order valence-corrected chi connectivity index (χ1v) is 8.58. The first kappa shape index (κ1) is 14.9. The smallest absolute Gasteiger partial charge is 0.0641 e. The number of hydrogen-bond acceptors (Lipinski definition) is 3. The van der Waals surface area contributed by atoms with Gasteiger partial charge in [0.05, 0.1) is 5.69 Å². The van der Waals surface area contributed by atoms with Crippen molar-refractivity contribution in [2.45, 2.75) is 71.3 Å². The van der Waals surface area contributed by atoms with Crippen LogP contribution >= 0.6 is 11.8 Å². The van der Waals surface area contributed by atoms with Gasteiger partial charge in [-0.15, -0.1) is 0 Å². The summed E-state index contributed by atoms with van der Waals surface area (Å²) in [6.07, 6.45) is 4.04. The summed E-state index contributed by atoms with van der Waals surface area (Å²) in [6, 6.07) is 0.702. The number of nitrogens with zero attached hydrogens (tertiary/aromatic N) is 2. The highest BCUT2D eigenvalue weighted by Crippen LogP contribution is 2.30. The maximum atomic E-state index is 4.59. The highest BCUT2D eigenvalue weighted by atomic mass is 32.2. The zero-order valence-corrected chi connectivity index (χ0v) is 13.5. The molecule has 3 nitrogen and oxygen atoms in total. The third-order valence-corrected chi connectivity index (χ3v) is 5.42. The Bertz CT molecular complexity index is 414. The summed E-state index contributed by atoms with van der Waals surface area (Å²) >= 11 is 2.12. The SMILES string of the molecule is CCSC1CCC(NCc2c(C)nn(CC)c2C)C1. The average Bonchev–Trinajstić information content (AvgIpc) is 2.93. The van der Waals surface area contributed by atoms with Gasteiger partial charge in [-0.3, -0.25) is 4.68 Å². The van der Waals surface area contributed by atoms with E-state index in [1.54, 1.807) is 0 Å². The summed E-state index contributed by atoms with van der Waals surface area (Å²) in [4.78, 5) is 0. The fourth-order valence-corrected chi connectivity index (χ4v) is 4.20. The van der Waals surface area contributed by atoms with Crippen LogP contribution in [-0.2, 0) is 13.1 Å². The molecular weight excluding hydrogens is 254 g/mol. The molecule has 1 fully saturated rings. The zero-order chi connectivity index (χ0) is 13.8. The molecule has 2 unspecified atom stereocenters. The van der Waals surface area contributed by atoms with Crippen LogP contribution in [0.25, 0.3) is 0 Å². The van der Waals surface area contributed by atoms with Crippen LogP contribution in [0.15, 0.2) is 0 Å². The molecule has 1 heterocycles. The summed E-state index contributed by atoms with van der Waals surface area (Å²) in [7, 11) is 0. The standard InChI is InChI=1S/C15H27N3S/c1-5-18-12(4)15(11(3)17-18)10-16-13-7-8-14(9-13)19-6-2/h13-14,16H,5-10H2,1-4H3.